The van der Waals surface area contributed by atoms with Crippen molar-refractivity contribution in [2.45, 2.75) is 45.6 Å². The van der Waals surface area contributed by atoms with Gasteiger partial charge in [-0.2, -0.15) is 0 Å². The first kappa shape index (κ1) is 26.1. The molecule has 1 aliphatic heterocycles. The van der Waals surface area contributed by atoms with Crippen LogP contribution in [0.1, 0.15) is 34.6 Å². The summed E-state index contributed by atoms with van der Waals surface area (Å²) in [7, 11) is 0. The topological polar surface area (TPSA) is 76.0 Å². The standard InChI is InChI=1S/C27H27Cl2NO6/c1-17-14-24(18(2)30(17)15-23-4-3-13-33-23)25(31)16-34-26(32)27(35-21-9-5-19(28)6-10-21)36-22-11-7-20(29)8-12-22/h5-12,14,23,27H,3-4,13,15-16H2,1-2H3. The molecule has 1 unspecified atom stereocenters. The number of ether oxygens (including phenoxy) is 4. The van der Waals surface area contributed by atoms with Gasteiger partial charge in [0.2, 0.25) is 5.78 Å². The Morgan fingerprint density at radius 1 is 1.00 bits per heavy atom. The van der Waals surface area contributed by atoms with E-state index in [0.29, 0.717) is 33.7 Å². The summed E-state index contributed by atoms with van der Waals surface area (Å²) in [6.07, 6.45) is 0.738. The fourth-order valence-electron chi connectivity index (χ4n) is 4.03. The van der Waals surface area contributed by atoms with Crippen LogP contribution in [0.25, 0.3) is 0 Å². The van der Waals surface area contributed by atoms with Crippen LogP contribution >= 0.6 is 23.2 Å². The molecule has 0 amide bonds. The molecule has 1 fully saturated rings. The number of carbonyl (C=O) groups excluding carboxylic acids is 2. The smallest absolute Gasteiger partial charge is 0.389 e. The molecule has 2 aromatic carbocycles. The Hall–Kier alpha value is -3.00. The Morgan fingerprint density at radius 2 is 1.58 bits per heavy atom. The van der Waals surface area contributed by atoms with Crippen LogP contribution in [0.4, 0.5) is 0 Å². The third-order valence-corrected chi connectivity index (χ3v) is 6.44. The highest BCUT2D eigenvalue weighted by atomic mass is 35.5. The van der Waals surface area contributed by atoms with E-state index in [0.717, 1.165) is 30.8 Å². The predicted molar refractivity (Wildman–Crippen MR) is 136 cm³/mol. The fourth-order valence-corrected chi connectivity index (χ4v) is 4.28. The van der Waals surface area contributed by atoms with E-state index < -0.39 is 18.9 Å². The molecule has 0 radical (unpaired) electrons. The lowest BCUT2D eigenvalue weighted by Crippen LogP contribution is -2.36. The maximum Gasteiger partial charge on any atom is 0.389 e. The second kappa shape index (κ2) is 11.8. The van der Waals surface area contributed by atoms with E-state index in [1.54, 1.807) is 48.5 Å². The quantitative estimate of drug-likeness (QED) is 0.187. The van der Waals surface area contributed by atoms with E-state index in [9.17, 15) is 9.59 Å². The number of aromatic nitrogens is 1. The van der Waals surface area contributed by atoms with E-state index in [4.69, 9.17) is 42.1 Å². The van der Waals surface area contributed by atoms with Crippen LogP contribution in [-0.2, 0) is 20.8 Å². The molecule has 190 valence electrons. The Bertz CT molecular complexity index is 1150. The molecule has 0 N–H and O–H groups in total. The van der Waals surface area contributed by atoms with Gasteiger partial charge in [-0.3, -0.25) is 4.79 Å². The number of aryl methyl sites for hydroxylation is 1. The van der Waals surface area contributed by atoms with Crippen molar-refractivity contribution in [2.75, 3.05) is 13.2 Å². The van der Waals surface area contributed by atoms with Gasteiger partial charge in [0.15, 0.2) is 6.61 Å². The zero-order chi connectivity index (χ0) is 25.7. The third-order valence-electron chi connectivity index (χ3n) is 5.94. The highest BCUT2D eigenvalue weighted by molar-refractivity contribution is 6.30. The summed E-state index contributed by atoms with van der Waals surface area (Å²) in [6, 6.07) is 14.7. The number of esters is 1. The Kier molecular flexibility index (Phi) is 8.56. The first-order valence-corrected chi connectivity index (χ1v) is 12.4. The van der Waals surface area contributed by atoms with E-state index >= 15 is 0 Å². The molecule has 0 saturated carbocycles. The summed E-state index contributed by atoms with van der Waals surface area (Å²) in [4.78, 5) is 25.9. The van der Waals surface area contributed by atoms with Crippen LogP contribution in [0.15, 0.2) is 54.6 Å². The molecule has 9 heteroatoms. The lowest BCUT2D eigenvalue weighted by molar-refractivity contribution is -0.164. The molecule has 7 nitrogen and oxygen atoms in total. The largest absolute Gasteiger partial charge is 0.452 e. The first-order valence-electron chi connectivity index (χ1n) is 11.6. The minimum Gasteiger partial charge on any atom is -0.452 e. The lowest BCUT2D eigenvalue weighted by atomic mass is 10.1. The maximum atomic E-state index is 13.0. The van der Waals surface area contributed by atoms with Crippen molar-refractivity contribution in [3.8, 4) is 11.5 Å². The lowest BCUT2D eigenvalue weighted by Gasteiger charge is -2.19. The highest BCUT2D eigenvalue weighted by Gasteiger charge is 2.27. The van der Waals surface area contributed by atoms with Gasteiger partial charge in [-0.1, -0.05) is 23.2 Å². The second-order valence-corrected chi connectivity index (χ2v) is 9.41. The van der Waals surface area contributed by atoms with Crippen molar-refractivity contribution in [3.63, 3.8) is 0 Å². The van der Waals surface area contributed by atoms with Crippen molar-refractivity contribution >= 4 is 35.0 Å². The summed E-state index contributed by atoms with van der Waals surface area (Å²) in [5, 5.41) is 1.03. The fraction of sp³-hybridized carbons (Fsp3) is 0.333. The number of nitrogens with zero attached hydrogens (tertiary/aromatic N) is 1. The second-order valence-electron chi connectivity index (χ2n) is 8.54. The van der Waals surface area contributed by atoms with Crippen LogP contribution in [-0.4, -0.2) is 41.9 Å². The predicted octanol–water partition coefficient (Wildman–Crippen LogP) is 5.80. The summed E-state index contributed by atoms with van der Waals surface area (Å²) in [5.41, 5.74) is 2.27. The molecular weight excluding hydrogens is 505 g/mol. The van der Waals surface area contributed by atoms with Crippen molar-refractivity contribution < 1.29 is 28.5 Å². The molecule has 0 aliphatic carbocycles. The van der Waals surface area contributed by atoms with Crippen molar-refractivity contribution in [1.29, 1.82) is 0 Å². The van der Waals surface area contributed by atoms with Gasteiger partial charge in [-0.05, 0) is 81.3 Å². The Balaban J connectivity index is 1.43. The monoisotopic (exact) mass is 531 g/mol. The Labute approximate surface area is 219 Å². The summed E-state index contributed by atoms with van der Waals surface area (Å²) in [6.45, 7) is 4.83. The summed E-state index contributed by atoms with van der Waals surface area (Å²) in [5.74, 6) is -0.466. The van der Waals surface area contributed by atoms with Gasteiger partial charge >= 0.3 is 12.3 Å². The van der Waals surface area contributed by atoms with Crippen LogP contribution in [0.2, 0.25) is 10.0 Å². The molecule has 1 aliphatic rings. The molecule has 1 saturated heterocycles. The van der Waals surface area contributed by atoms with Crippen LogP contribution in [0, 0.1) is 13.8 Å². The normalized spacial score (nSPS) is 15.2. The van der Waals surface area contributed by atoms with Gasteiger partial charge in [0, 0.05) is 40.1 Å². The zero-order valence-corrected chi connectivity index (χ0v) is 21.6. The van der Waals surface area contributed by atoms with Gasteiger partial charge in [-0.15, -0.1) is 0 Å². The number of benzene rings is 2. The van der Waals surface area contributed by atoms with E-state index in [2.05, 4.69) is 4.57 Å². The van der Waals surface area contributed by atoms with Gasteiger partial charge < -0.3 is 23.5 Å². The van der Waals surface area contributed by atoms with Gasteiger partial charge in [0.25, 0.3) is 0 Å². The van der Waals surface area contributed by atoms with Crippen molar-refractivity contribution in [2.24, 2.45) is 0 Å². The van der Waals surface area contributed by atoms with E-state index in [1.807, 2.05) is 19.9 Å². The molecule has 1 aromatic heterocycles. The van der Waals surface area contributed by atoms with Crippen molar-refractivity contribution in [3.05, 3.63) is 81.6 Å². The average molecular weight is 532 g/mol. The molecule has 1 atom stereocenters. The number of ketones is 1. The minimum atomic E-state index is -1.45. The average Bonchev–Trinajstić information content (AvgIpc) is 3.48. The highest BCUT2D eigenvalue weighted by Crippen LogP contribution is 2.23. The number of carbonyl (C=O) groups is 2. The molecule has 0 bridgehead atoms. The number of rotatable bonds is 10. The number of Topliss-reactive ketones (excluding diaryl/α,β-unsaturated/α-hetero) is 1. The molecule has 36 heavy (non-hydrogen) atoms. The number of halogens is 2. The molecular formula is C27H27Cl2NO6. The molecule has 2 heterocycles. The first-order chi connectivity index (χ1) is 17.3. The van der Waals surface area contributed by atoms with Crippen LogP contribution < -0.4 is 9.47 Å². The maximum absolute atomic E-state index is 13.0. The van der Waals surface area contributed by atoms with E-state index in [1.165, 1.54) is 0 Å². The van der Waals surface area contributed by atoms with E-state index in [-0.39, 0.29) is 11.9 Å². The SMILES string of the molecule is Cc1cc(C(=O)COC(=O)C(Oc2ccc(Cl)cc2)Oc2ccc(Cl)cc2)c(C)n1CC1CCCO1. The van der Waals surface area contributed by atoms with Gasteiger partial charge in [0.1, 0.15) is 11.5 Å². The van der Waals surface area contributed by atoms with Gasteiger partial charge in [-0.25, -0.2) is 4.79 Å². The summed E-state index contributed by atoms with van der Waals surface area (Å²) >= 11 is 11.9. The molecule has 0 spiro atoms. The number of hydrogen-bond acceptors (Lipinski definition) is 6. The third kappa shape index (κ3) is 6.60. The minimum absolute atomic E-state index is 0.145. The number of hydrogen-bond donors (Lipinski definition) is 0. The molecule has 3 aromatic rings. The Morgan fingerprint density at radius 3 is 2.11 bits per heavy atom. The van der Waals surface area contributed by atoms with Gasteiger partial charge in [0.05, 0.1) is 6.10 Å². The zero-order valence-electron chi connectivity index (χ0n) is 20.0. The molecule has 4 rings (SSSR count). The van der Waals surface area contributed by atoms with Crippen LogP contribution in [0.3, 0.4) is 0 Å². The summed E-state index contributed by atoms with van der Waals surface area (Å²) < 4.78 is 24.5. The van der Waals surface area contributed by atoms with Crippen molar-refractivity contribution in [1.82, 2.24) is 4.57 Å². The van der Waals surface area contributed by atoms with Crippen LogP contribution in [0.5, 0.6) is 11.5 Å².